The Hall–Kier alpha value is -1.18. The summed E-state index contributed by atoms with van der Waals surface area (Å²) in [6.45, 7) is 2.23. The second-order valence-electron chi connectivity index (χ2n) is 6.03. The number of rotatable bonds is 8. The molecule has 0 unspecified atom stereocenters. The molecule has 1 fully saturated rings. The normalized spacial score (nSPS) is 28.0. The molecule has 0 spiro atoms. The fourth-order valence-electron chi connectivity index (χ4n) is 2.74. The van der Waals surface area contributed by atoms with Crippen molar-refractivity contribution in [1.82, 2.24) is 0 Å². The van der Waals surface area contributed by atoms with E-state index in [2.05, 4.69) is 6.92 Å². The minimum atomic E-state index is -1.43. The number of aliphatic hydroxyl groups is 4. The molecule has 2 rings (SSSR count). The second-order valence-corrected chi connectivity index (χ2v) is 6.03. The zero-order chi connectivity index (χ0) is 17.5. The van der Waals surface area contributed by atoms with Gasteiger partial charge in [0.2, 0.25) is 0 Å². The number of hydrogen-bond acceptors (Lipinski definition) is 6. The zero-order valence-electron chi connectivity index (χ0n) is 14.0. The van der Waals surface area contributed by atoms with Gasteiger partial charge in [0.05, 0.1) is 13.2 Å². The molecular weight excluding hydrogens is 312 g/mol. The topological polar surface area (TPSA) is 99.4 Å². The molecule has 1 aliphatic heterocycles. The van der Waals surface area contributed by atoms with Gasteiger partial charge in [0.1, 0.15) is 30.2 Å². The van der Waals surface area contributed by atoms with Crippen molar-refractivity contribution in [3.05, 3.63) is 35.9 Å². The lowest BCUT2D eigenvalue weighted by atomic mass is 9.91. The fraction of sp³-hybridized carbons (Fsp3) is 0.611. The highest BCUT2D eigenvalue weighted by Crippen LogP contribution is 2.36. The predicted octanol–water partition coefficient (Wildman–Crippen LogP) is 1.000. The summed E-state index contributed by atoms with van der Waals surface area (Å²) in [4.78, 5) is 0. The second kappa shape index (κ2) is 9.34. The molecule has 0 bridgehead atoms. The highest BCUT2D eigenvalue weighted by molar-refractivity contribution is 5.43. The molecule has 135 valence electrons. The van der Waals surface area contributed by atoms with Crippen LogP contribution in [0.4, 0.5) is 0 Å². The molecule has 1 heterocycles. The van der Waals surface area contributed by atoms with Crippen LogP contribution in [0.1, 0.15) is 38.2 Å². The van der Waals surface area contributed by atoms with E-state index in [4.69, 9.17) is 9.47 Å². The first-order valence-corrected chi connectivity index (χ1v) is 8.50. The van der Waals surface area contributed by atoms with Crippen molar-refractivity contribution in [2.75, 3.05) is 13.2 Å². The minimum Gasteiger partial charge on any atom is -0.493 e. The molecule has 0 saturated carbocycles. The molecule has 24 heavy (non-hydrogen) atoms. The van der Waals surface area contributed by atoms with Crippen molar-refractivity contribution in [3.8, 4) is 5.75 Å². The summed E-state index contributed by atoms with van der Waals surface area (Å²) in [7, 11) is 0. The van der Waals surface area contributed by atoms with Crippen molar-refractivity contribution >= 4 is 0 Å². The number of aliphatic hydroxyl groups excluding tert-OH is 4. The summed E-state index contributed by atoms with van der Waals surface area (Å²) in [5, 5.41) is 39.3. The van der Waals surface area contributed by atoms with Gasteiger partial charge in [-0.3, -0.25) is 0 Å². The average Bonchev–Trinajstić information content (AvgIpc) is 2.60. The zero-order valence-corrected chi connectivity index (χ0v) is 14.0. The van der Waals surface area contributed by atoms with Gasteiger partial charge in [-0.25, -0.2) is 0 Å². The Bertz CT molecular complexity index is 492. The number of benzene rings is 1. The summed E-state index contributed by atoms with van der Waals surface area (Å²) in [6, 6.07) is 7.07. The first kappa shape index (κ1) is 19.1. The van der Waals surface area contributed by atoms with E-state index in [9.17, 15) is 20.4 Å². The maximum Gasteiger partial charge on any atom is 0.161 e. The van der Waals surface area contributed by atoms with Crippen LogP contribution in [-0.4, -0.2) is 58.1 Å². The predicted molar refractivity (Wildman–Crippen MR) is 88.4 cm³/mol. The average molecular weight is 339 g/mol. The van der Waals surface area contributed by atoms with Gasteiger partial charge in [0.15, 0.2) is 6.10 Å². The van der Waals surface area contributed by atoms with Gasteiger partial charge in [-0.15, -0.1) is 0 Å². The molecule has 1 aromatic rings. The summed E-state index contributed by atoms with van der Waals surface area (Å²) in [6.07, 6.45) is -0.712. The van der Waals surface area contributed by atoms with Crippen molar-refractivity contribution in [3.63, 3.8) is 0 Å². The number of hydrogen-bond donors (Lipinski definition) is 4. The quantitative estimate of drug-likeness (QED) is 0.527. The van der Waals surface area contributed by atoms with Crippen molar-refractivity contribution in [2.45, 2.75) is 57.0 Å². The minimum absolute atomic E-state index is 0.107. The lowest BCUT2D eigenvalue weighted by Crippen LogP contribution is -2.55. The van der Waals surface area contributed by atoms with Gasteiger partial charge in [0, 0.05) is 5.56 Å². The summed E-state index contributed by atoms with van der Waals surface area (Å²) >= 11 is 0. The molecule has 1 aromatic carbocycles. The highest BCUT2D eigenvalue weighted by atomic mass is 16.5. The van der Waals surface area contributed by atoms with Crippen LogP contribution in [-0.2, 0) is 4.74 Å². The standard InChI is InChI=1S/C18H27O6/c1-2-3-4-7-10-23-13-9-6-5-8-12(13)18-17(22)16(21)15(20)14(11-19)24-18/h5-6,8-9,14-17,19-22H,2-4,7,10-11H2,1H3/t14-,15+,16+,17-/m1/s1. The molecule has 1 radical (unpaired) electrons. The molecule has 6 heteroatoms. The molecule has 0 aliphatic carbocycles. The number of ether oxygens (including phenoxy) is 2. The summed E-state index contributed by atoms with van der Waals surface area (Å²) in [5.74, 6) is 0.545. The Kier molecular flexibility index (Phi) is 7.45. The van der Waals surface area contributed by atoms with Crippen molar-refractivity contribution in [2.24, 2.45) is 0 Å². The van der Waals surface area contributed by atoms with Crippen LogP contribution >= 0.6 is 0 Å². The maximum absolute atomic E-state index is 10.2. The van der Waals surface area contributed by atoms with Gasteiger partial charge in [-0.2, -0.15) is 0 Å². The number of para-hydroxylation sites is 1. The molecule has 0 amide bonds. The van der Waals surface area contributed by atoms with Crippen LogP contribution in [0.15, 0.2) is 24.3 Å². The maximum atomic E-state index is 10.2. The van der Waals surface area contributed by atoms with Crippen LogP contribution in [0, 0.1) is 6.10 Å². The van der Waals surface area contributed by atoms with Gasteiger partial charge < -0.3 is 29.9 Å². The Labute approximate surface area is 142 Å². The fourth-order valence-corrected chi connectivity index (χ4v) is 2.74. The van der Waals surface area contributed by atoms with Crippen molar-refractivity contribution in [1.29, 1.82) is 0 Å². The van der Waals surface area contributed by atoms with Crippen LogP contribution in [0.5, 0.6) is 5.75 Å². The number of unbranched alkanes of at least 4 members (excludes halogenated alkanes) is 3. The van der Waals surface area contributed by atoms with Crippen LogP contribution in [0.25, 0.3) is 0 Å². The third kappa shape index (κ3) is 4.46. The van der Waals surface area contributed by atoms with E-state index in [0.29, 0.717) is 17.9 Å². The van der Waals surface area contributed by atoms with Gasteiger partial charge in [-0.05, 0) is 12.5 Å². The molecule has 4 N–H and O–H groups in total. The van der Waals surface area contributed by atoms with Crippen molar-refractivity contribution < 1.29 is 29.9 Å². The van der Waals surface area contributed by atoms with E-state index < -0.39 is 31.0 Å². The smallest absolute Gasteiger partial charge is 0.161 e. The molecule has 4 atom stereocenters. The Morgan fingerprint density at radius 1 is 1.04 bits per heavy atom. The van der Waals surface area contributed by atoms with E-state index >= 15 is 0 Å². The van der Waals surface area contributed by atoms with E-state index in [-0.39, 0.29) is 6.10 Å². The Balaban J connectivity index is 2.09. The van der Waals surface area contributed by atoms with E-state index in [1.165, 1.54) is 0 Å². The SMILES string of the molecule is CCCCCCOc1ccccc1[C]1O[C@H](CO)[C@H](O)[C@H](O)[C@H]1O. The summed E-state index contributed by atoms with van der Waals surface area (Å²) in [5.41, 5.74) is 0.518. The van der Waals surface area contributed by atoms with E-state index in [1.807, 2.05) is 6.07 Å². The third-order valence-electron chi connectivity index (χ3n) is 4.19. The van der Waals surface area contributed by atoms with Crippen LogP contribution < -0.4 is 4.74 Å². The lowest BCUT2D eigenvalue weighted by molar-refractivity contribution is -0.184. The molecule has 6 nitrogen and oxygen atoms in total. The van der Waals surface area contributed by atoms with Crippen LogP contribution in [0.2, 0.25) is 0 Å². The first-order chi connectivity index (χ1) is 11.6. The molecular formula is C18H27O6. The monoisotopic (exact) mass is 339 g/mol. The van der Waals surface area contributed by atoms with Gasteiger partial charge >= 0.3 is 0 Å². The first-order valence-electron chi connectivity index (χ1n) is 8.50. The Morgan fingerprint density at radius 2 is 1.79 bits per heavy atom. The largest absolute Gasteiger partial charge is 0.493 e. The van der Waals surface area contributed by atoms with Crippen LogP contribution in [0.3, 0.4) is 0 Å². The highest BCUT2D eigenvalue weighted by Gasteiger charge is 2.45. The van der Waals surface area contributed by atoms with Gasteiger partial charge in [0.25, 0.3) is 0 Å². The van der Waals surface area contributed by atoms with E-state index in [0.717, 1.165) is 25.7 Å². The third-order valence-corrected chi connectivity index (χ3v) is 4.19. The molecule has 1 aliphatic rings. The summed E-state index contributed by atoms with van der Waals surface area (Å²) < 4.78 is 11.3. The van der Waals surface area contributed by atoms with Gasteiger partial charge in [-0.1, -0.05) is 44.4 Å². The molecule has 0 aromatic heterocycles. The molecule has 1 saturated heterocycles. The van der Waals surface area contributed by atoms with E-state index in [1.54, 1.807) is 18.2 Å². The Morgan fingerprint density at radius 3 is 2.50 bits per heavy atom. The lowest BCUT2D eigenvalue weighted by Gasteiger charge is -2.39.